The number of fused-ring (bicyclic) bond motifs is 2. The van der Waals surface area contributed by atoms with Gasteiger partial charge in [-0.1, -0.05) is 36.1 Å². The summed E-state index contributed by atoms with van der Waals surface area (Å²) in [6, 6.07) is 27.6. The molecule has 7 rings (SSSR count). The third-order valence-corrected chi connectivity index (χ3v) is 10.3. The molecular formula is C48H46N6O7. The van der Waals surface area contributed by atoms with Crippen LogP contribution in [0.15, 0.2) is 97.2 Å². The smallest absolute Gasteiger partial charge is 0.262 e. The Morgan fingerprint density at radius 2 is 1.82 bits per heavy atom. The van der Waals surface area contributed by atoms with Crippen molar-refractivity contribution in [3.8, 4) is 29.1 Å². The van der Waals surface area contributed by atoms with Crippen LogP contribution in [0.3, 0.4) is 0 Å². The zero-order valence-corrected chi connectivity index (χ0v) is 34.0. The molecule has 0 spiro atoms. The molecular weight excluding hydrogens is 773 g/mol. The highest BCUT2D eigenvalue weighted by Crippen LogP contribution is 2.41. The Bertz CT molecular complexity index is 2720. The number of phenolic OH excluding ortho intramolecular Hbond substituents is 1. The van der Waals surface area contributed by atoms with E-state index in [9.17, 15) is 24.6 Å². The molecule has 0 bridgehead atoms. The van der Waals surface area contributed by atoms with Gasteiger partial charge in [0.15, 0.2) is 12.4 Å². The van der Waals surface area contributed by atoms with Crippen molar-refractivity contribution < 1.29 is 34.1 Å². The van der Waals surface area contributed by atoms with Gasteiger partial charge >= 0.3 is 0 Å². The molecule has 5 aromatic carbocycles. The first kappa shape index (κ1) is 41.7. The third kappa shape index (κ3) is 9.91. The van der Waals surface area contributed by atoms with Gasteiger partial charge in [-0.05, 0) is 116 Å². The van der Waals surface area contributed by atoms with Crippen molar-refractivity contribution in [2.75, 3.05) is 42.8 Å². The maximum atomic E-state index is 13.5. The number of carbonyl (C=O) groups excluding carboxylic acids is 3. The standard InChI is InChI=1S/C48H46N6O7/c1-28-20-35(15-14-32(28)10-5-4-6-18-50-26-41(56)37-16-17-40(55)45-46(37)61-27-42(57)54-45)53-48(59)33-11-7-9-30(22-33)21-31-19-29(2)43-38(23-31)44(39(25-51-43)47(49)58)52-34-12-8-13-36(24-34)60-3/h7-9,11-17,19-20,22-25,41,50,55-56H,4,6,18,21,26-27H2,1-3H3,(H2,49,58)(H,51,52)(H,53,59)(H,54,57)/t41-/m0/s1. The summed E-state index contributed by atoms with van der Waals surface area (Å²) in [5.74, 6) is 6.03. The third-order valence-electron chi connectivity index (χ3n) is 10.3. The van der Waals surface area contributed by atoms with Gasteiger partial charge in [0.2, 0.25) is 0 Å². The van der Waals surface area contributed by atoms with E-state index >= 15 is 0 Å². The van der Waals surface area contributed by atoms with Crippen molar-refractivity contribution in [3.05, 3.63) is 142 Å². The number of anilines is 4. The highest BCUT2D eigenvalue weighted by atomic mass is 16.5. The number of ether oxygens (including phenoxy) is 2. The summed E-state index contributed by atoms with van der Waals surface area (Å²) >= 11 is 0. The largest absolute Gasteiger partial charge is 0.506 e. The van der Waals surface area contributed by atoms with Crippen LogP contribution in [0.1, 0.15) is 73.0 Å². The molecule has 310 valence electrons. The molecule has 0 unspecified atom stereocenters. The van der Waals surface area contributed by atoms with Gasteiger partial charge < -0.3 is 46.7 Å². The number of hydrogen-bond acceptors (Lipinski definition) is 10. The molecule has 1 aromatic heterocycles. The highest BCUT2D eigenvalue weighted by Gasteiger charge is 2.25. The van der Waals surface area contributed by atoms with Crippen molar-refractivity contribution in [2.45, 2.75) is 39.2 Å². The maximum Gasteiger partial charge on any atom is 0.262 e. The van der Waals surface area contributed by atoms with E-state index in [1.54, 1.807) is 19.2 Å². The fraction of sp³-hybridized carbons (Fsp3) is 0.208. The van der Waals surface area contributed by atoms with E-state index in [4.69, 9.17) is 15.2 Å². The summed E-state index contributed by atoms with van der Waals surface area (Å²) < 4.78 is 10.9. The lowest BCUT2D eigenvalue weighted by atomic mass is 9.97. The molecule has 13 heteroatoms. The van der Waals surface area contributed by atoms with Gasteiger partial charge in [-0.25, -0.2) is 0 Å². The van der Waals surface area contributed by atoms with Crippen molar-refractivity contribution in [1.82, 2.24) is 10.3 Å². The summed E-state index contributed by atoms with van der Waals surface area (Å²) in [5.41, 5.74) is 14.5. The number of benzene rings is 5. The first-order chi connectivity index (χ1) is 29.5. The number of aliphatic hydroxyl groups is 1. The van der Waals surface area contributed by atoms with E-state index < -0.39 is 12.0 Å². The molecule has 6 aromatic rings. The second-order valence-electron chi connectivity index (χ2n) is 14.8. The minimum Gasteiger partial charge on any atom is -0.506 e. The number of hydrogen-bond donors (Lipinski definition) is 7. The molecule has 0 radical (unpaired) electrons. The average molecular weight is 819 g/mol. The second kappa shape index (κ2) is 18.7. The number of methoxy groups -OCH3 is 1. The summed E-state index contributed by atoms with van der Waals surface area (Å²) in [6.45, 7) is 4.62. The van der Waals surface area contributed by atoms with Crippen molar-refractivity contribution in [1.29, 1.82) is 0 Å². The number of aliphatic hydroxyl groups excluding tert-OH is 1. The zero-order chi connectivity index (χ0) is 43.0. The lowest BCUT2D eigenvalue weighted by Crippen LogP contribution is -2.28. The minimum absolute atomic E-state index is 0.121. The van der Waals surface area contributed by atoms with E-state index in [1.807, 2.05) is 80.6 Å². The van der Waals surface area contributed by atoms with Gasteiger partial charge in [0.1, 0.15) is 17.2 Å². The lowest BCUT2D eigenvalue weighted by Gasteiger charge is -2.23. The van der Waals surface area contributed by atoms with E-state index in [1.165, 1.54) is 12.3 Å². The molecule has 0 aliphatic carbocycles. The number of nitrogens with one attached hydrogen (secondary N) is 4. The van der Waals surface area contributed by atoms with Crippen LogP contribution in [0.2, 0.25) is 0 Å². The number of nitrogens with zero attached hydrogens (tertiary/aromatic N) is 1. The van der Waals surface area contributed by atoms with Crippen LogP contribution in [0, 0.1) is 25.7 Å². The Kier molecular flexibility index (Phi) is 12.8. The number of rotatable bonds is 14. The van der Waals surface area contributed by atoms with Crippen LogP contribution < -0.4 is 36.5 Å². The fourth-order valence-electron chi connectivity index (χ4n) is 7.22. The predicted octanol–water partition coefficient (Wildman–Crippen LogP) is 7.04. The second-order valence-corrected chi connectivity index (χ2v) is 14.8. The lowest BCUT2D eigenvalue weighted by molar-refractivity contribution is -0.118. The molecule has 3 amide bonds. The number of aromatic hydroxyl groups is 1. The van der Waals surface area contributed by atoms with Gasteiger partial charge in [-0.15, -0.1) is 0 Å². The molecule has 1 aliphatic heterocycles. The number of aryl methyl sites for hydroxylation is 2. The summed E-state index contributed by atoms with van der Waals surface area (Å²) in [7, 11) is 1.59. The number of carbonyl (C=O) groups is 3. The molecule has 2 heterocycles. The van der Waals surface area contributed by atoms with Crippen LogP contribution in [-0.2, 0) is 11.2 Å². The Morgan fingerprint density at radius 1 is 0.984 bits per heavy atom. The highest BCUT2D eigenvalue weighted by molar-refractivity contribution is 6.08. The molecule has 0 saturated carbocycles. The monoisotopic (exact) mass is 818 g/mol. The number of amides is 3. The van der Waals surface area contributed by atoms with Crippen LogP contribution in [-0.4, -0.2) is 59.7 Å². The Labute approximate surface area is 353 Å². The number of unbranched alkanes of at least 4 members (excludes halogenated alkanes) is 1. The average Bonchev–Trinajstić information content (AvgIpc) is 3.24. The van der Waals surface area contributed by atoms with Crippen molar-refractivity contribution in [3.63, 3.8) is 0 Å². The number of pyridine rings is 1. The first-order valence-electron chi connectivity index (χ1n) is 19.8. The van der Waals surface area contributed by atoms with Crippen LogP contribution in [0.5, 0.6) is 17.2 Å². The molecule has 1 aliphatic rings. The van der Waals surface area contributed by atoms with Crippen molar-refractivity contribution in [2.24, 2.45) is 5.73 Å². The zero-order valence-electron chi connectivity index (χ0n) is 34.0. The number of phenols is 1. The number of aromatic nitrogens is 1. The van der Waals surface area contributed by atoms with E-state index in [2.05, 4.69) is 44.2 Å². The van der Waals surface area contributed by atoms with E-state index in [0.717, 1.165) is 50.8 Å². The first-order valence-corrected chi connectivity index (χ1v) is 19.8. The number of nitrogens with two attached hydrogens (primary N) is 1. The molecule has 1 atom stereocenters. The summed E-state index contributed by atoms with van der Waals surface area (Å²) in [4.78, 5) is 42.2. The maximum absolute atomic E-state index is 13.5. The Hall–Kier alpha value is -7.40. The fourth-order valence-corrected chi connectivity index (χ4v) is 7.22. The van der Waals surface area contributed by atoms with E-state index in [0.29, 0.717) is 47.6 Å². The van der Waals surface area contributed by atoms with Gasteiger partial charge in [0, 0.05) is 58.7 Å². The minimum atomic E-state index is -0.900. The van der Waals surface area contributed by atoms with Gasteiger partial charge in [-0.2, -0.15) is 0 Å². The Morgan fingerprint density at radius 3 is 2.62 bits per heavy atom. The normalized spacial score (nSPS) is 12.3. The summed E-state index contributed by atoms with van der Waals surface area (Å²) in [6.07, 6.45) is 2.51. The molecule has 0 saturated heterocycles. The Balaban J connectivity index is 0.948. The number of primary amides is 1. The molecule has 61 heavy (non-hydrogen) atoms. The molecule has 13 nitrogen and oxygen atoms in total. The van der Waals surface area contributed by atoms with Gasteiger partial charge in [0.05, 0.1) is 30.0 Å². The van der Waals surface area contributed by atoms with Gasteiger partial charge in [-0.3, -0.25) is 19.4 Å². The quantitative estimate of drug-likeness (QED) is 0.0340. The van der Waals surface area contributed by atoms with Gasteiger partial charge in [0.25, 0.3) is 17.7 Å². The van der Waals surface area contributed by atoms with Crippen molar-refractivity contribution >= 4 is 51.4 Å². The van der Waals surface area contributed by atoms with Crippen LogP contribution in [0.4, 0.5) is 22.7 Å². The molecule has 8 N–H and O–H groups in total. The topological polar surface area (TPSA) is 197 Å². The summed E-state index contributed by atoms with van der Waals surface area (Å²) in [5, 5.41) is 33.7. The van der Waals surface area contributed by atoms with Crippen LogP contribution >= 0.6 is 0 Å². The van der Waals surface area contributed by atoms with E-state index in [-0.39, 0.29) is 47.7 Å². The predicted molar refractivity (Wildman–Crippen MR) is 236 cm³/mol. The SMILES string of the molecule is COc1cccc(Nc2c(C(N)=O)cnc3c(C)cc(Cc4cccc(C(=O)Nc5ccc(C#CCCCNC[C@H](O)c6ccc(O)c7c6OCC(=O)N7)c(C)c5)c4)cc23)c1. The van der Waals surface area contributed by atoms with Crippen LogP contribution in [0.25, 0.3) is 10.9 Å². The molecule has 0 fully saturated rings.